The van der Waals surface area contributed by atoms with Crippen molar-refractivity contribution in [3.05, 3.63) is 59.9 Å². The van der Waals surface area contributed by atoms with Crippen LogP contribution in [-0.2, 0) is 4.79 Å². The Balaban J connectivity index is 2.09. The molecule has 0 spiro atoms. The van der Waals surface area contributed by atoms with Crippen LogP contribution in [0.3, 0.4) is 0 Å². The number of carbonyl (C=O) groups is 2. The summed E-state index contributed by atoms with van der Waals surface area (Å²) in [6, 6.07) is 10.5. The quantitative estimate of drug-likeness (QED) is 0.670. The summed E-state index contributed by atoms with van der Waals surface area (Å²) >= 11 is 0. The molecule has 0 aliphatic rings. The van der Waals surface area contributed by atoms with E-state index < -0.39 is 0 Å². The zero-order valence-electron chi connectivity index (χ0n) is 12.3. The highest BCUT2D eigenvalue weighted by molar-refractivity contribution is 6.02. The Morgan fingerprint density at radius 2 is 1.77 bits per heavy atom. The molecule has 0 unspecified atom stereocenters. The molecule has 0 aliphatic carbocycles. The number of pyridine rings is 1. The molecule has 2 rings (SSSR count). The van der Waals surface area contributed by atoms with Crippen molar-refractivity contribution in [2.75, 3.05) is 5.32 Å². The minimum atomic E-state index is -0.306. The normalized spacial score (nSPS) is 10.9. The third kappa shape index (κ3) is 4.24. The molecular formula is C16H16N4O2. The number of rotatable bonds is 4. The highest BCUT2D eigenvalue weighted by Crippen LogP contribution is 2.11. The molecule has 0 aliphatic heterocycles. The van der Waals surface area contributed by atoms with Gasteiger partial charge >= 0.3 is 0 Å². The zero-order chi connectivity index (χ0) is 15.9. The lowest BCUT2D eigenvalue weighted by atomic mass is 10.1. The molecule has 1 heterocycles. The monoisotopic (exact) mass is 296 g/mol. The number of hydrogen-bond acceptors (Lipinski definition) is 4. The molecule has 0 atom stereocenters. The molecule has 0 saturated heterocycles. The van der Waals surface area contributed by atoms with E-state index in [0.29, 0.717) is 17.0 Å². The van der Waals surface area contributed by atoms with Crippen molar-refractivity contribution in [3.8, 4) is 0 Å². The molecule has 2 aromatic rings. The number of benzene rings is 1. The number of anilines is 1. The summed E-state index contributed by atoms with van der Waals surface area (Å²) in [5.74, 6) is -0.447. The minimum Gasteiger partial charge on any atom is -0.326 e. The number of hydrogen-bond donors (Lipinski definition) is 2. The van der Waals surface area contributed by atoms with Gasteiger partial charge in [0.15, 0.2) is 0 Å². The van der Waals surface area contributed by atoms with Crippen molar-refractivity contribution in [1.82, 2.24) is 10.4 Å². The van der Waals surface area contributed by atoms with Crippen molar-refractivity contribution in [1.29, 1.82) is 0 Å². The lowest BCUT2D eigenvalue weighted by molar-refractivity contribution is -0.114. The van der Waals surface area contributed by atoms with Gasteiger partial charge in [-0.2, -0.15) is 5.10 Å². The fraction of sp³-hybridized carbons (Fsp3) is 0.125. The molecular weight excluding hydrogens is 280 g/mol. The maximum atomic E-state index is 11.9. The van der Waals surface area contributed by atoms with Crippen LogP contribution in [0.1, 0.15) is 29.8 Å². The first-order valence-corrected chi connectivity index (χ1v) is 6.69. The van der Waals surface area contributed by atoms with Gasteiger partial charge in [-0.25, -0.2) is 5.43 Å². The molecule has 1 aromatic carbocycles. The van der Waals surface area contributed by atoms with Crippen LogP contribution < -0.4 is 10.7 Å². The number of aromatic nitrogens is 1. The number of nitrogens with one attached hydrogen (secondary N) is 2. The standard InChI is InChI=1S/C16H16N4O2/c1-11(14-4-3-5-15(10-14)18-12(2)21)19-20-16(22)13-6-8-17-9-7-13/h3-10H,1-2H3,(H,18,21)(H,20,22)/b19-11+. The van der Waals surface area contributed by atoms with Crippen molar-refractivity contribution < 1.29 is 9.59 Å². The van der Waals surface area contributed by atoms with Gasteiger partial charge < -0.3 is 5.32 Å². The molecule has 6 nitrogen and oxygen atoms in total. The van der Waals surface area contributed by atoms with E-state index in [1.165, 1.54) is 6.92 Å². The van der Waals surface area contributed by atoms with Crippen LogP contribution in [0.2, 0.25) is 0 Å². The van der Waals surface area contributed by atoms with E-state index in [-0.39, 0.29) is 11.8 Å². The van der Waals surface area contributed by atoms with Gasteiger partial charge in [-0.3, -0.25) is 14.6 Å². The van der Waals surface area contributed by atoms with E-state index in [4.69, 9.17) is 0 Å². The van der Waals surface area contributed by atoms with E-state index in [0.717, 1.165) is 5.56 Å². The number of hydrazone groups is 1. The second-order valence-electron chi connectivity index (χ2n) is 4.64. The molecule has 0 radical (unpaired) electrons. The smallest absolute Gasteiger partial charge is 0.271 e. The van der Waals surface area contributed by atoms with Gasteiger partial charge in [0.1, 0.15) is 0 Å². The lowest BCUT2D eigenvalue weighted by Gasteiger charge is -2.06. The predicted octanol–water partition coefficient (Wildman–Crippen LogP) is 2.19. The predicted molar refractivity (Wildman–Crippen MR) is 84.7 cm³/mol. The van der Waals surface area contributed by atoms with E-state index >= 15 is 0 Å². The summed E-state index contributed by atoms with van der Waals surface area (Å²) in [5.41, 5.74) is 5.10. The van der Waals surface area contributed by atoms with Gasteiger partial charge in [-0.05, 0) is 36.8 Å². The van der Waals surface area contributed by atoms with E-state index in [2.05, 4.69) is 20.8 Å². The summed E-state index contributed by atoms with van der Waals surface area (Å²) in [6.07, 6.45) is 3.09. The summed E-state index contributed by atoms with van der Waals surface area (Å²) in [5, 5.41) is 6.78. The summed E-state index contributed by atoms with van der Waals surface area (Å²) in [4.78, 5) is 26.8. The first kappa shape index (κ1) is 15.4. The molecule has 112 valence electrons. The SMILES string of the molecule is CC(=O)Nc1cccc(/C(C)=N/NC(=O)c2ccncc2)c1. The Labute approximate surface area is 128 Å². The Morgan fingerprint density at radius 3 is 2.45 bits per heavy atom. The molecule has 0 bridgehead atoms. The van der Waals surface area contributed by atoms with Crippen LogP contribution >= 0.6 is 0 Å². The maximum Gasteiger partial charge on any atom is 0.271 e. The van der Waals surface area contributed by atoms with E-state index in [1.807, 2.05) is 12.1 Å². The Morgan fingerprint density at radius 1 is 1.05 bits per heavy atom. The third-order valence-corrected chi connectivity index (χ3v) is 2.87. The molecule has 1 aromatic heterocycles. The number of amides is 2. The average molecular weight is 296 g/mol. The van der Waals surface area contributed by atoms with E-state index in [9.17, 15) is 9.59 Å². The van der Waals surface area contributed by atoms with Crippen molar-refractivity contribution in [3.63, 3.8) is 0 Å². The fourth-order valence-corrected chi connectivity index (χ4v) is 1.79. The average Bonchev–Trinajstić information content (AvgIpc) is 2.52. The highest BCUT2D eigenvalue weighted by Gasteiger charge is 2.05. The zero-order valence-corrected chi connectivity index (χ0v) is 12.3. The second kappa shape index (κ2) is 7.12. The van der Waals surface area contributed by atoms with Crippen LogP contribution in [0.25, 0.3) is 0 Å². The van der Waals surface area contributed by atoms with Gasteiger partial charge in [-0.15, -0.1) is 0 Å². The first-order valence-electron chi connectivity index (χ1n) is 6.69. The largest absolute Gasteiger partial charge is 0.326 e. The molecule has 0 saturated carbocycles. The number of nitrogens with zero attached hydrogens (tertiary/aromatic N) is 2. The second-order valence-corrected chi connectivity index (χ2v) is 4.64. The first-order chi connectivity index (χ1) is 10.6. The van der Waals surface area contributed by atoms with Crippen molar-refractivity contribution in [2.24, 2.45) is 5.10 Å². The van der Waals surface area contributed by atoms with Gasteiger partial charge in [0, 0.05) is 30.6 Å². The minimum absolute atomic E-state index is 0.141. The molecule has 0 fully saturated rings. The fourth-order valence-electron chi connectivity index (χ4n) is 1.79. The van der Waals surface area contributed by atoms with Gasteiger partial charge in [0.25, 0.3) is 5.91 Å². The molecule has 6 heteroatoms. The van der Waals surface area contributed by atoms with E-state index in [1.54, 1.807) is 43.6 Å². The Kier molecular flexibility index (Phi) is 4.98. The van der Waals surface area contributed by atoms with Crippen LogP contribution in [0, 0.1) is 0 Å². The van der Waals surface area contributed by atoms with Crippen molar-refractivity contribution in [2.45, 2.75) is 13.8 Å². The highest BCUT2D eigenvalue weighted by atomic mass is 16.2. The van der Waals surface area contributed by atoms with Crippen LogP contribution in [0.15, 0.2) is 53.9 Å². The lowest BCUT2D eigenvalue weighted by Crippen LogP contribution is -2.19. The summed E-state index contributed by atoms with van der Waals surface area (Å²) < 4.78 is 0. The third-order valence-electron chi connectivity index (χ3n) is 2.87. The molecule has 2 N–H and O–H groups in total. The summed E-state index contributed by atoms with van der Waals surface area (Å²) in [7, 11) is 0. The Hall–Kier alpha value is -3.02. The van der Waals surface area contributed by atoms with Gasteiger partial charge in [0.2, 0.25) is 5.91 Å². The summed E-state index contributed by atoms with van der Waals surface area (Å²) in [6.45, 7) is 3.22. The van der Waals surface area contributed by atoms with Gasteiger partial charge in [0.05, 0.1) is 5.71 Å². The maximum absolute atomic E-state index is 11.9. The van der Waals surface area contributed by atoms with Crippen LogP contribution in [-0.4, -0.2) is 22.5 Å². The Bertz CT molecular complexity index is 711. The topological polar surface area (TPSA) is 83.5 Å². The van der Waals surface area contributed by atoms with Crippen molar-refractivity contribution >= 4 is 23.2 Å². The van der Waals surface area contributed by atoms with Crippen LogP contribution in [0.5, 0.6) is 0 Å². The van der Waals surface area contributed by atoms with Crippen LogP contribution in [0.4, 0.5) is 5.69 Å². The molecule has 2 amide bonds. The molecule has 22 heavy (non-hydrogen) atoms. The number of carbonyl (C=O) groups excluding carboxylic acids is 2. The van der Waals surface area contributed by atoms with Gasteiger partial charge in [-0.1, -0.05) is 12.1 Å².